The summed E-state index contributed by atoms with van der Waals surface area (Å²) in [5.41, 5.74) is 3.14. The second-order valence-corrected chi connectivity index (χ2v) is 9.05. The van der Waals surface area contributed by atoms with Gasteiger partial charge in [0, 0.05) is 37.0 Å². The van der Waals surface area contributed by atoms with Gasteiger partial charge in [-0.2, -0.15) is 0 Å². The van der Waals surface area contributed by atoms with Crippen LogP contribution in [0.1, 0.15) is 25.0 Å². The van der Waals surface area contributed by atoms with E-state index in [2.05, 4.69) is 34.0 Å². The lowest BCUT2D eigenvalue weighted by Crippen LogP contribution is -2.39. The van der Waals surface area contributed by atoms with Crippen molar-refractivity contribution in [3.8, 4) is 0 Å². The molecule has 0 aromatic carbocycles. The summed E-state index contributed by atoms with van der Waals surface area (Å²) in [6, 6.07) is 0. The number of ether oxygens (including phenoxy) is 2. The van der Waals surface area contributed by atoms with Crippen molar-refractivity contribution in [1.82, 2.24) is 15.0 Å². The van der Waals surface area contributed by atoms with Gasteiger partial charge in [-0.15, -0.1) is 11.3 Å². The van der Waals surface area contributed by atoms with Crippen molar-refractivity contribution in [2.45, 2.75) is 32.5 Å². The zero-order valence-corrected chi connectivity index (χ0v) is 17.5. The number of pyridine rings is 1. The zero-order valence-electron chi connectivity index (χ0n) is 16.7. The minimum Gasteiger partial charge on any atom is -0.395 e. The first-order chi connectivity index (χ1) is 14.1. The molecule has 0 atom stereocenters. The van der Waals surface area contributed by atoms with Crippen LogP contribution < -0.4 is 10.2 Å². The lowest BCUT2D eigenvalue weighted by molar-refractivity contribution is -0.0396. The topological polar surface area (TPSA) is 92.6 Å². The molecule has 0 unspecified atom stereocenters. The SMILES string of the molecule is CC1(C)Cc2c(c(N3CCOCC3)nc3sc4c(NCCO)ncnc4c23)CO1. The van der Waals surface area contributed by atoms with E-state index in [0.29, 0.717) is 26.4 Å². The fourth-order valence-electron chi connectivity index (χ4n) is 4.13. The van der Waals surface area contributed by atoms with Crippen LogP contribution in [0.15, 0.2) is 6.33 Å². The van der Waals surface area contributed by atoms with Gasteiger partial charge in [-0.1, -0.05) is 0 Å². The van der Waals surface area contributed by atoms with Gasteiger partial charge in [-0.3, -0.25) is 0 Å². The molecule has 1 fully saturated rings. The zero-order chi connectivity index (χ0) is 20.0. The Morgan fingerprint density at radius 3 is 2.86 bits per heavy atom. The summed E-state index contributed by atoms with van der Waals surface area (Å²) in [5, 5.41) is 13.5. The molecule has 2 aliphatic rings. The Kier molecular flexibility index (Phi) is 4.78. The first-order valence-corrected chi connectivity index (χ1v) is 10.8. The Balaban J connectivity index is 1.75. The summed E-state index contributed by atoms with van der Waals surface area (Å²) in [7, 11) is 0. The highest BCUT2D eigenvalue weighted by atomic mass is 32.1. The molecule has 5 heterocycles. The van der Waals surface area contributed by atoms with Crippen molar-refractivity contribution in [1.29, 1.82) is 0 Å². The average molecular weight is 416 g/mol. The molecule has 0 amide bonds. The maximum absolute atomic E-state index is 9.19. The number of hydrogen-bond acceptors (Lipinski definition) is 9. The van der Waals surface area contributed by atoms with Gasteiger partial charge in [0.1, 0.15) is 22.8 Å². The lowest BCUT2D eigenvalue weighted by atomic mass is 9.90. The Morgan fingerprint density at radius 2 is 2.07 bits per heavy atom. The van der Waals surface area contributed by atoms with Crippen LogP contribution in [0.3, 0.4) is 0 Å². The van der Waals surface area contributed by atoms with Crippen molar-refractivity contribution >= 4 is 43.4 Å². The quantitative estimate of drug-likeness (QED) is 0.671. The molecular weight excluding hydrogens is 390 g/mol. The number of aromatic nitrogens is 3. The monoisotopic (exact) mass is 415 g/mol. The summed E-state index contributed by atoms with van der Waals surface area (Å²) in [4.78, 5) is 17.4. The standard InChI is InChI=1S/C20H25N5O3S/c1-20(2)9-12-13(10-28-20)18(25-4-7-27-8-5-25)24-19-14(12)15-16(29-19)17(21-3-6-26)23-11-22-15/h11,26H,3-10H2,1-2H3,(H,21,22,23). The van der Waals surface area contributed by atoms with Crippen molar-refractivity contribution in [3.05, 3.63) is 17.5 Å². The number of hydrogen-bond donors (Lipinski definition) is 2. The number of aliphatic hydroxyl groups is 1. The van der Waals surface area contributed by atoms with Gasteiger partial charge in [0.05, 0.1) is 42.2 Å². The number of nitrogens with zero attached hydrogens (tertiary/aromatic N) is 4. The van der Waals surface area contributed by atoms with E-state index in [9.17, 15) is 5.11 Å². The third kappa shape index (κ3) is 3.31. The molecule has 0 aliphatic carbocycles. The maximum Gasteiger partial charge on any atom is 0.147 e. The normalized spacial score (nSPS) is 18.9. The van der Waals surface area contributed by atoms with Crippen LogP contribution in [0.25, 0.3) is 20.4 Å². The van der Waals surface area contributed by atoms with Gasteiger partial charge in [0.2, 0.25) is 0 Å². The van der Waals surface area contributed by atoms with Gasteiger partial charge >= 0.3 is 0 Å². The van der Waals surface area contributed by atoms with Crippen molar-refractivity contribution in [2.75, 3.05) is 49.7 Å². The number of morpholine rings is 1. The molecule has 9 heteroatoms. The summed E-state index contributed by atoms with van der Waals surface area (Å²) >= 11 is 1.61. The Morgan fingerprint density at radius 1 is 1.24 bits per heavy atom. The highest BCUT2D eigenvalue weighted by Crippen LogP contribution is 2.44. The predicted octanol–water partition coefficient (Wildman–Crippen LogP) is 2.33. The van der Waals surface area contributed by atoms with Gasteiger partial charge in [-0.05, 0) is 19.4 Å². The number of thiophene rings is 1. The van der Waals surface area contributed by atoms with Crippen LogP contribution in [0.4, 0.5) is 11.6 Å². The Hall–Kier alpha value is -2.07. The van der Waals surface area contributed by atoms with Crippen LogP contribution in [-0.4, -0.2) is 65.1 Å². The third-order valence-electron chi connectivity index (χ3n) is 5.52. The molecule has 29 heavy (non-hydrogen) atoms. The molecule has 3 aromatic rings. The van der Waals surface area contributed by atoms with E-state index >= 15 is 0 Å². The summed E-state index contributed by atoms with van der Waals surface area (Å²) < 4.78 is 12.7. The number of anilines is 2. The van der Waals surface area contributed by atoms with E-state index in [1.54, 1.807) is 17.7 Å². The minimum atomic E-state index is -0.233. The number of fused-ring (bicyclic) bond motifs is 5. The second-order valence-electron chi connectivity index (χ2n) is 8.05. The lowest BCUT2D eigenvalue weighted by Gasteiger charge is -2.36. The first-order valence-electron chi connectivity index (χ1n) is 9.98. The predicted molar refractivity (Wildman–Crippen MR) is 114 cm³/mol. The van der Waals surface area contributed by atoms with Crippen LogP contribution in [-0.2, 0) is 22.5 Å². The third-order valence-corrected chi connectivity index (χ3v) is 6.60. The molecule has 0 saturated carbocycles. The molecule has 0 radical (unpaired) electrons. The fraction of sp³-hybridized carbons (Fsp3) is 0.550. The second kappa shape index (κ2) is 7.32. The summed E-state index contributed by atoms with van der Waals surface area (Å²) in [6.07, 6.45) is 2.40. The van der Waals surface area contributed by atoms with E-state index < -0.39 is 0 Å². The number of rotatable bonds is 4. The molecule has 2 aliphatic heterocycles. The van der Waals surface area contributed by atoms with Crippen LogP contribution in [0.2, 0.25) is 0 Å². The van der Waals surface area contributed by atoms with Crippen LogP contribution in [0.5, 0.6) is 0 Å². The first kappa shape index (κ1) is 18.9. The van der Waals surface area contributed by atoms with E-state index in [1.165, 1.54) is 11.1 Å². The minimum absolute atomic E-state index is 0.0523. The highest BCUT2D eigenvalue weighted by molar-refractivity contribution is 7.26. The molecule has 2 N–H and O–H groups in total. The molecule has 1 saturated heterocycles. The Labute approximate surface area is 172 Å². The molecular formula is C20H25N5O3S. The van der Waals surface area contributed by atoms with Crippen molar-refractivity contribution in [2.24, 2.45) is 0 Å². The average Bonchev–Trinajstić information content (AvgIpc) is 3.11. The summed E-state index contributed by atoms with van der Waals surface area (Å²) in [5.74, 6) is 1.76. The molecule has 0 bridgehead atoms. The molecule has 0 spiro atoms. The van der Waals surface area contributed by atoms with Gasteiger partial charge in [0.15, 0.2) is 0 Å². The number of nitrogens with one attached hydrogen (secondary N) is 1. The van der Waals surface area contributed by atoms with E-state index in [4.69, 9.17) is 14.5 Å². The maximum atomic E-state index is 9.19. The van der Waals surface area contributed by atoms with Crippen LogP contribution >= 0.6 is 11.3 Å². The fourth-order valence-corrected chi connectivity index (χ4v) is 5.25. The van der Waals surface area contributed by atoms with E-state index in [-0.39, 0.29) is 12.2 Å². The Bertz CT molecular complexity index is 1060. The summed E-state index contributed by atoms with van der Waals surface area (Å²) in [6.45, 7) is 8.42. The van der Waals surface area contributed by atoms with Gasteiger partial charge in [0.25, 0.3) is 0 Å². The smallest absolute Gasteiger partial charge is 0.147 e. The largest absolute Gasteiger partial charge is 0.395 e. The van der Waals surface area contributed by atoms with Crippen LogP contribution in [0, 0.1) is 0 Å². The molecule has 5 rings (SSSR count). The number of aliphatic hydroxyl groups excluding tert-OH is 1. The highest BCUT2D eigenvalue weighted by Gasteiger charge is 2.33. The molecule has 154 valence electrons. The van der Waals surface area contributed by atoms with Crippen molar-refractivity contribution in [3.63, 3.8) is 0 Å². The van der Waals surface area contributed by atoms with Crippen molar-refractivity contribution < 1.29 is 14.6 Å². The molecule has 3 aromatic heterocycles. The van der Waals surface area contributed by atoms with E-state index in [1.807, 2.05) is 0 Å². The van der Waals surface area contributed by atoms with E-state index in [0.717, 1.165) is 51.6 Å². The molecule has 8 nitrogen and oxygen atoms in total. The van der Waals surface area contributed by atoms with Gasteiger partial charge < -0.3 is 24.8 Å². The van der Waals surface area contributed by atoms with Gasteiger partial charge in [-0.25, -0.2) is 15.0 Å².